The average Bonchev–Trinajstić information content (AvgIpc) is 2.89. The van der Waals surface area contributed by atoms with Gasteiger partial charge in [0.2, 0.25) is 0 Å². The number of hydrogen-bond acceptors (Lipinski definition) is 2. The summed E-state index contributed by atoms with van der Waals surface area (Å²) in [6, 6.07) is 3.98. The molecule has 1 aliphatic rings. The number of rotatable bonds is 2. The van der Waals surface area contributed by atoms with Crippen LogP contribution in [-0.2, 0) is 0 Å². The van der Waals surface area contributed by atoms with Gasteiger partial charge in [0, 0.05) is 23.4 Å². The molecule has 1 N–H and O–H groups in total. The van der Waals surface area contributed by atoms with Crippen LogP contribution in [0, 0.1) is 11.6 Å². The zero-order valence-electron chi connectivity index (χ0n) is 10.4. The monoisotopic (exact) mass is 263 g/mol. The summed E-state index contributed by atoms with van der Waals surface area (Å²) < 4.78 is 28.5. The number of halogens is 2. The summed E-state index contributed by atoms with van der Waals surface area (Å²) in [6.45, 7) is 1.95. The summed E-state index contributed by atoms with van der Waals surface area (Å²) in [5.74, 6) is -1.11. The first-order valence-electron chi connectivity index (χ1n) is 6.44. The largest absolute Gasteiger partial charge is 0.317 e. The molecule has 1 aromatic heterocycles. The van der Waals surface area contributed by atoms with Crippen LogP contribution in [-0.4, -0.2) is 22.9 Å². The maximum absolute atomic E-state index is 13.7. The van der Waals surface area contributed by atoms with E-state index in [-0.39, 0.29) is 0 Å². The molecule has 1 saturated heterocycles. The van der Waals surface area contributed by atoms with Crippen LogP contribution in [0.25, 0.3) is 11.1 Å². The molecule has 2 aromatic rings. The van der Waals surface area contributed by atoms with E-state index in [2.05, 4.69) is 10.4 Å². The van der Waals surface area contributed by atoms with Crippen LogP contribution in [0.15, 0.2) is 30.6 Å². The molecule has 3 rings (SSSR count). The number of hydrogen-bond donors (Lipinski definition) is 1. The van der Waals surface area contributed by atoms with Crippen LogP contribution < -0.4 is 5.32 Å². The molecule has 3 nitrogen and oxygen atoms in total. The Morgan fingerprint density at radius 2 is 2.00 bits per heavy atom. The Bertz CT molecular complexity index is 574. The van der Waals surface area contributed by atoms with Gasteiger partial charge in [-0.1, -0.05) is 0 Å². The summed E-state index contributed by atoms with van der Waals surface area (Å²) >= 11 is 0. The van der Waals surface area contributed by atoms with Gasteiger partial charge in [-0.25, -0.2) is 8.78 Å². The molecule has 0 bridgehead atoms. The van der Waals surface area contributed by atoms with E-state index in [0.717, 1.165) is 32.0 Å². The van der Waals surface area contributed by atoms with Crippen molar-refractivity contribution in [2.45, 2.75) is 18.9 Å². The third kappa shape index (κ3) is 2.51. The van der Waals surface area contributed by atoms with Crippen molar-refractivity contribution in [3.63, 3.8) is 0 Å². The third-order valence-electron chi connectivity index (χ3n) is 3.53. The topological polar surface area (TPSA) is 29.9 Å². The second kappa shape index (κ2) is 5.09. The first-order valence-corrected chi connectivity index (χ1v) is 6.44. The lowest BCUT2D eigenvalue weighted by Gasteiger charge is -2.22. The molecule has 0 saturated carbocycles. The lowest BCUT2D eigenvalue weighted by Crippen LogP contribution is -2.29. The van der Waals surface area contributed by atoms with E-state index in [1.54, 1.807) is 6.20 Å². The number of nitrogens with zero attached hydrogens (tertiary/aromatic N) is 2. The van der Waals surface area contributed by atoms with Gasteiger partial charge in [-0.3, -0.25) is 4.68 Å². The molecule has 1 fully saturated rings. The summed E-state index contributed by atoms with van der Waals surface area (Å²) in [7, 11) is 0. The first kappa shape index (κ1) is 12.3. The molecular formula is C14H15F2N3. The predicted molar refractivity (Wildman–Crippen MR) is 68.7 cm³/mol. The fourth-order valence-corrected chi connectivity index (χ4v) is 2.47. The summed E-state index contributed by atoms with van der Waals surface area (Å²) in [4.78, 5) is 0. The van der Waals surface area contributed by atoms with Crippen LogP contribution >= 0.6 is 0 Å². The zero-order chi connectivity index (χ0) is 13.2. The van der Waals surface area contributed by atoms with E-state index in [1.165, 1.54) is 12.1 Å². The van der Waals surface area contributed by atoms with E-state index in [1.807, 2.05) is 10.9 Å². The Balaban J connectivity index is 1.87. The van der Waals surface area contributed by atoms with Crippen molar-refractivity contribution in [3.05, 3.63) is 42.2 Å². The predicted octanol–water partition coefficient (Wildman–Crippen LogP) is 2.75. The van der Waals surface area contributed by atoms with Crippen molar-refractivity contribution < 1.29 is 8.78 Å². The second-order valence-corrected chi connectivity index (χ2v) is 4.81. The quantitative estimate of drug-likeness (QED) is 0.903. The van der Waals surface area contributed by atoms with E-state index in [0.29, 0.717) is 17.2 Å². The minimum atomic E-state index is -0.563. The van der Waals surface area contributed by atoms with Gasteiger partial charge in [0.25, 0.3) is 0 Å². The van der Waals surface area contributed by atoms with Gasteiger partial charge in [0.1, 0.15) is 11.6 Å². The molecule has 1 aromatic carbocycles. The standard InChI is InChI=1S/C14H15F2N3/c15-11-1-2-13(14(16)7-11)10-8-18-19(9-10)12-3-5-17-6-4-12/h1-2,7-9,12,17H,3-6H2. The molecule has 19 heavy (non-hydrogen) atoms. The molecule has 100 valence electrons. The Labute approximate surface area is 110 Å². The van der Waals surface area contributed by atoms with E-state index in [4.69, 9.17) is 0 Å². The van der Waals surface area contributed by atoms with Crippen LogP contribution in [0.1, 0.15) is 18.9 Å². The van der Waals surface area contributed by atoms with Crippen molar-refractivity contribution in [1.82, 2.24) is 15.1 Å². The highest BCUT2D eigenvalue weighted by Crippen LogP contribution is 2.25. The minimum absolute atomic E-state index is 0.360. The molecule has 0 spiro atoms. The molecule has 0 aliphatic carbocycles. The van der Waals surface area contributed by atoms with Gasteiger partial charge in [-0.2, -0.15) is 5.10 Å². The zero-order valence-corrected chi connectivity index (χ0v) is 10.4. The normalized spacial score (nSPS) is 16.7. The Kier molecular flexibility index (Phi) is 3.29. The van der Waals surface area contributed by atoms with E-state index >= 15 is 0 Å². The molecule has 2 heterocycles. The van der Waals surface area contributed by atoms with Crippen LogP contribution in [0.2, 0.25) is 0 Å². The van der Waals surface area contributed by atoms with Crippen LogP contribution in [0.5, 0.6) is 0 Å². The maximum Gasteiger partial charge on any atom is 0.134 e. The van der Waals surface area contributed by atoms with Gasteiger partial charge < -0.3 is 5.32 Å². The first-order chi connectivity index (χ1) is 9.24. The number of aromatic nitrogens is 2. The highest BCUT2D eigenvalue weighted by Gasteiger charge is 2.16. The number of piperidine rings is 1. The molecule has 0 unspecified atom stereocenters. The molecular weight excluding hydrogens is 248 g/mol. The highest BCUT2D eigenvalue weighted by atomic mass is 19.1. The van der Waals surface area contributed by atoms with Crippen molar-refractivity contribution in [1.29, 1.82) is 0 Å². The molecule has 5 heteroatoms. The van der Waals surface area contributed by atoms with Crippen molar-refractivity contribution in [3.8, 4) is 11.1 Å². The van der Waals surface area contributed by atoms with Gasteiger partial charge >= 0.3 is 0 Å². The molecule has 0 radical (unpaired) electrons. The highest BCUT2D eigenvalue weighted by molar-refractivity contribution is 5.62. The Morgan fingerprint density at radius 3 is 2.74 bits per heavy atom. The summed E-state index contributed by atoms with van der Waals surface area (Å²) in [5.41, 5.74) is 1.08. The van der Waals surface area contributed by atoms with Crippen LogP contribution in [0.4, 0.5) is 8.78 Å². The van der Waals surface area contributed by atoms with Gasteiger partial charge in [0.05, 0.1) is 12.2 Å². The SMILES string of the molecule is Fc1ccc(-c2cnn(C3CCNCC3)c2)c(F)c1. The fourth-order valence-electron chi connectivity index (χ4n) is 2.47. The van der Waals surface area contributed by atoms with Gasteiger partial charge in [0.15, 0.2) is 0 Å². The number of benzene rings is 1. The van der Waals surface area contributed by atoms with E-state index < -0.39 is 11.6 Å². The van der Waals surface area contributed by atoms with Gasteiger partial charge in [-0.05, 0) is 38.1 Å². The van der Waals surface area contributed by atoms with Crippen molar-refractivity contribution in [2.24, 2.45) is 0 Å². The molecule has 0 amide bonds. The van der Waals surface area contributed by atoms with Crippen molar-refractivity contribution >= 4 is 0 Å². The third-order valence-corrected chi connectivity index (χ3v) is 3.53. The lowest BCUT2D eigenvalue weighted by molar-refractivity contribution is 0.343. The molecule has 1 aliphatic heterocycles. The minimum Gasteiger partial charge on any atom is -0.317 e. The fraction of sp³-hybridized carbons (Fsp3) is 0.357. The number of nitrogens with one attached hydrogen (secondary N) is 1. The Hall–Kier alpha value is -1.75. The average molecular weight is 263 g/mol. The maximum atomic E-state index is 13.7. The van der Waals surface area contributed by atoms with Crippen molar-refractivity contribution in [2.75, 3.05) is 13.1 Å². The lowest BCUT2D eigenvalue weighted by atomic mass is 10.1. The smallest absolute Gasteiger partial charge is 0.134 e. The molecule has 0 atom stereocenters. The summed E-state index contributed by atoms with van der Waals surface area (Å²) in [6.07, 6.45) is 5.52. The summed E-state index contributed by atoms with van der Waals surface area (Å²) in [5, 5.41) is 7.60. The van der Waals surface area contributed by atoms with E-state index in [9.17, 15) is 8.78 Å². The Morgan fingerprint density at radius 1 is 1.21 bits per heavy atom. The van der Waals surface area contributed by atoms with Crippen LogP contribution in [0.3, 0.4) is 0 Å². The second-order valence-electron chi connectivity index (χ2n) is 4.81. The van der Waals surface area contributed by atoms with Gasteiger partial charge in [-0.15, -0.1) is 0 Å².